The van der Waals surface area contributed by atoms with Crippen molar-refractivity contribution in [2.75, 3.05) is 0 Å². The summed E-state index contributed by atoms with van der Waals surface area (Å²) in [5, 5.41) is 40.5. The molecule has 0 fully saturated rings. The number of benzene rings is 3. The molecule has 0 aromatic heterocycles. The highest BCUT2D eigenvalue weighted by molar-refractivity contribution is 6.18. The Morgan fingerprint density at radius 2 is 1.45 bits per heavy atom. The summed E-state index contributed by atoms with van der Waals surface area (Å²) in [4.78, 5) is 11.1. The lowest BCUT2D eigenvalue weighted by molar-refractivity contribution is 0.112. The van der Waals surface area contributed by atoms with Gasteiger partial charge in [-0.1, -0.05) is 12.1 Å². The Kier molecular flexibility index (Phi) is 2.44. The molecule has 0 amide bonds. The van der Waals surface area contributed by atoms with E-state index in [0.717, 1.165) is 0 Å². The lowest BCUT2D eigenvalue weighted by Crippen LogP contribution is -1.88. The molecule has 0 aliphatic rings. The van der Waals surface area contributed by atoms with Crippen LogP contribution >= 0.6 is 0 Å². The highest BCUT2D eigenvalue weighted by Crippen LogP contribution is 2.48. The lowest BCUT2D eigenvalue weighted by Gasteiger charge is -2.13. The van der Waals surface area contributed by atoms with Crippen molar-refractivity contribution >= 4 is 27.8 Å². The van der Waals surface area contributed by atoms with Gasteiger partial charge in [0, 0.05) is 16.3 Å². The van der Waals surface area contributed by atoms with Gasteiger partial charge >= 0.3 is 0 Å². The second kappa shape index (κ2) is 4.03. The maximum atomic E-state index is 11.1. The van der Waals surface area contributed by atoms with E-state index < -0.39 is 0 Å². The first-order valence-corrected chi connectivity index (χ1v) is 5.82. The number of fused-ring (bicyclic) bond motifs is 2. The molecule has 0 radical (unpaired) electrons. The number of phenolic OH excluding ortho intramolecular Hbond substituents is 4. The van der Waals surface area contributed by atoms with Crippen molar-refractivity contribution in [2.45, 2.75) is 0 Å². The van der Waals surface area contributed by atoms with Crippen LogP contribution in [0.15, 0.2) is 30.3 Å². The third-order valence-corrected chi connectivity index (χ3v) is 3.35. The predicted octanol–water partition coefficient (Wildman–Crippen LogP) is 2.63. The van der Waals surface area contributed by atoms with Gasteiger partial charge in [0.2, 0.25) is 0 Å². The number of hydrogen-bond donors (Lipinski definition) is 4. The van der Waals surface area contributed by atoms with Crippen LogP contribution in [0, 0.1) is 0 Å². The van der Waals surface area contributed by atoms with Gasteiger partial charge in [0.25, 0.3) is 0 Å². The first-order chi connectivity index (χ1) is 9.56. The van der Waals surface area contributed by atoms with Crippen molar-refractivity contribution in [2.24, 2.45) is 0 Å². The fraction of sp³-hybridized carbons (Fsp3) is 0. The minimum Gasteiger partial charge on any atom is -0.507 e. The predicted molar refractivity (Wildman–Crippen MR) is 73.5 cm³/mol. The van der Waals surface area contributed by atoms with Gasteiger partial charge in [0.15, 0.2) is 6.29 Å². The smallest absolute Gasteiger partial charge is 0.150 e. The molecule has 5 nitrogen and oxygen atoms in total. The molecule has 0 heterocycles. The van der Waals surface area contributed by atoms with E-state index in [4.69, 9.17) is 0 Å². The monoisotopic (exact) mass is 270 g/mol. The van der Waals surface area contributed by atoms with Crippen LogP contribution in [0.1, 0.15) is 10.4 Å². The van der Waals surface area contributed by atoms with Gasteiger partial charge in [-0.15, -0.1) is 0 Å². The molecule has 3 rings (SSSR count). The summed E-state index contributed by atoms with van der Waals surface area (Å²) in [6.07, 6.45) is 0.523. The third kappa shape index (κ3) is 1.40. The van der Waals surface area contributed by atoms with Crippen molar-refractivity contribution in [3.8, 4) is 23.0 Å². The quantitative estimate of drug-likeness (QED) is 0.309. The lowest BCUT2D eigenvalue weighted by atomic mass is 9.96. The molecular formula is C15H10O5. The SMILES string of the molecule is O=Cc1ccc(O)c2c(O)c3c(O)cccc3c(O)c12. The molecule has 0 aliphatic heterocycles. The van der Waals surface area contributed by atoms with E-state index in [-0.39, 0.29) is 50.1 Å². The van der Waals surface area contributed by atoms with Crippen LogP contribution in [-0.2, 0) is 0 Å². The first-order valence-electron chi connectivity index (χ1n) is 5.82. The Hall–Kier alpha value is -2.95. The van der Waals surface area contributed by atoms with E-state index in [2.05, 4.69) is 0 Å². The van der Waals surface area contributed by atoms with Crippen LogP contribution < -0.4 is 0 Å². The topological polar surface area (TPSA) is 98.0 Å². The highest BCUT2D eigenvalue weighted by Gasteiger charge is 2.20. The Morgan fingerprint density at radius 1 is 0.750 bits per heavy atom. The van der Waals surface area contributed by atoms with Crippen LogP contribution in [0.2, 0.25) is 0 Å². The molecule has 5 heteroatoms. The first kappa shape index (κ1) is 12.1. The standard InChI is InChI=1S/C15H10O5/c16-6-7-4-5-10(18)13-11(7)14(19)8-2-1-3-9(17)12(8)15(13)20/h1-6,17-20H. The van der Waals surface area contributed by atoms with Crippen molar-refractivity contribution in [3.05, 3.63) is 35.9 Å². The molecule has 0 spiro atoms. The summed E-state index contributed by atoms with van der Waals surface area (Å²) in [5.41, 5.74) is 0.135. The maximum absolute atomic E-state index is 11.1. The normalized spacial score (nSPS) is 11.0. The maximum Gasteiger partial charge on any atom is 0.150 e. The molecule has 0 aliphatic carbocycles. The van der Waals surface area contributed by atoms with Crippen molar-refractivity contribution in [1.82, 2.24) is 0 Å². The molecule has 20 heavy (non-hydrogen) atoms. The van der Waals surface area contributed by atoms with E-state index in [9.17, 15) is 25.2 Å². The summed E-state index contributed by atoms with van der Waals surface area (Å²) in [6, 6.07) is 6.96. The van der Waals surface area contributed by atoms with Gasteiger partial charge in [0.1, 0.15) is 23.0 Å². The fourth-order valence-corrected chi connectivity index (χ4v) is 2.45. The van der Waals surface area contributed by atoms with Gasteiger partial charge in [-0.25, -0.2) is 0 Å². The Bertz CT molecular complexity index is 867. The van der Waals surface area contributed by atoms with E-state index >= 15 is 0 Å². The zero-order chi connectivity index (χ0) is 14.4. The fourth-order valence-electron chi connectivity index (χ4n) is 2.45. The van der Waals surface area contributed by atoms with Crippen LogP contribution in [0.3, 0.4) is 0 Å². The van der Waals surface area contributed by atoms with E-state index in [1.165, 1.54) is 30.3 Å². The zero-order valence-electron chi connectivity index (χ0n) is 10.2. The van der Waals surface area contributed by atoms with E-state index in [1.807, 2.05) is 0 Å². The largest absolute Gasteiger partial charge is 0.507 e. The average Bonchev–Trinajstić information content (AvgIpc) is 2.44. The molecule has 0 atom stereocenters. The highest BCUT2D eigenvalue weighted by atomic mass is 16.3. The number of aldehydes is 1. The zero-order valence-corrected chi connectivity index (χ0v) is 10.2. The van der Waals surface area contributed by atoms with Crippen molar-refractivity contribution < 1.29 is 25.2 Å². The van der Waals surface area contributed by atoms with Crippen molar-refractivity contribution in [1.29, 1.82) is 0 Å². The average molecular weight is 270 g/mol. The van der Waals surface area contributed by atoms with Gasteiger partial charge in [-0.3, -0.25) is 4.79 Å². The molecule has 3 aromatic carbocycles. The molecule has 0 saturated heterocycles. The summed E-state index contributed by atoms with van der Waals surface area (Å²) < 4.78 is 0. The number of carbonyl (C=O) groups excluding carboxylic acids is 1. The number of aromatic hydroxyl groups is 4. The number of rotatable bonds is 1. The minimum absolute atomic E-state index is 0.0239. The number of phenols is 4. The summed E-state index contributed by atoms with van der Waals surface area (Å²) >= 11 is 0. The minimum atomic E-state index is -0.382. The second-order valence-electron chi connectivity index (χ2n) is 4.44. The van der Waals surface area contributed by atoms with Crippen LogP contribution in [-0.4, -0.2) is 26.7 Å². The van der Waals surface area contributed by atoms with Crippen LogP contribution in [0.4, 0.5) is 0 Å². The summed E-state index contributed by atoms with van der Waals surface area (Å²) in [7, 11) is 0. The molecule has 0 bridgehead atoms. The van der Waals surface area contributed by atoms with E-state index in [1.54, 1.807) is 0 Å². The summed E-state index contributed by atoms with van der Waals surface area (Å²) in [6.45, 7) is 0. The molecule has 3 aromatic rings. The van der Waals surface area contributed by atoms with Crippen molar-refractivity contribution in [3.63, 3.8) is 0 Å². The molecule has 100 valence electrons. The van der Waals surface area contributed by atoms with Gasteiger partial charge in [0.05, 0.1) is 10.8 Å². The van der Waals surface area contributed by atoms with Crippen LogP contribution in [0.25, 0.3) is 21.5 Å². The second-order valence-corrected chi connectivity index (χ2v) is 4.44. The van der Waals surface area contributed by atoms with Gasteiger partial charge in [-0.2, -0.15) is 0 Å². The number of hydrogen-bond acceptors (Lipinski definition) is 5. The van der Waals surface area contributed by atoms with Crippen LogP contribution in [0.5, 0.6) is 23.0 Å². The molecule has 0 saturated carbocycles. The number of carbonyl (C=O) groups is 1. The molecular weight excluding hydrogens is 260 g/mol. The Labute approximate surface area is 112 Å². The van der Waals surface area contributed by atoms with Gasteiger partial charge < -0.3 is 20.4 Å². The Balaban J connectivity index is 2.73. The summed E-state index contributed by atoms with van der Waals surface area (Å²) in [5.74, 6) is -1.18. The molecule has 4 N–H and O–H groups in total. The van der Waals surface area contributed by atoms with E-state index in [0.29, 0.717) is 6.29 Å². The van der Waals surface area contributed by atoms with Gasteiger partial charge in [-0.05, 0) is 18.2 Å². The third-order valence-electron chi connectivity index (χ3n) is 3.35. The Morgan fingerprint density at radius 3 is 2.15 bits per heavy atom. The molecule has 0 unspecified atom stereocenters.